The Morgan fingerprint density at radius 1 is 1.19 bits per heavy atom. The molecule has 1 N–H and O–H groups in total. The van der Waals surface area contributed by atoms with Crippen LogP contribution in [-0.2, 0) is 20.7 Å². The maximum Gasteiger partial charge on any atom is 0.312 e. The van der Waals surface area contributed by atoms with Gasteiger partial charge < -0.3 is 10.1 Å². The van der Waals surface area contributed by atoms with E-state index in [4.69, 9.17) is 4.74 Å². The molecule has 0 spiro atoms. The molecule has 0 aliphatic carbocycles. The molecule has 26 heavy (non-hydrogen) atoms. The third kappa shape index (κ3) is 5.00. The Balaban J connectivity index is 1.44. The van der Waals surface area contributed by atoms with Gasteiger partial charge in [0.15, 0.2) is 6.61 Å². The van der Waals surface area contributed by atoms with Crippen LogP contribution in [0.4, 0.5) is 0 Å². The molecule has 3 aromatic rings. The zero-order chi connectivity index (χ0) is 18.4. The second-order valence-electron chi connectivity index (χ2n) is 5.69. The van der Waals surface area contributed by atoms with Crippen molar-refractivity contribution >= 4 is 34.6 Å². The Labute approximate surface area is 159 Å². The molecule has 7 heteroatoms. The first-order valence-electron chi connectivity index (χ1n) is 8.08. The van der Waals surface area contributed by atoms with Gasteiger partial charge in [-0.2, -0.15) is 11.3 Å². The number of hydrogen-bond acceptors (Lipinski definition) is 6. The van der Waals surface area contributed by atoms with Crippen molar-refractivity contribution in [1.82, 2.24) is 10.3 Å². The smallest absolute Gasteiger partial charge is 0.312 e. The molecule has 5 nitrogen and oxygen atoms in total. The average Bonchev–Trinajstić information content (AvgIpc) is 3.32. The van der Waals surface area contributed by atoms with E-state index >= 15 is 0 Å². The maximum absolute atomic E-state index is 11.9. The molecule has 0 saturated heterocycles. The predicted molar refractivity (Wildman–Crippen MR) is 103 cm³/mol. The third-order valence-electron chi connectivity index (χ3n) is 3.69. The van der Waals surface area contributed by atoms with E-state index in [0.29, 0.717) is 5.69 Å². The largest absolute Gasteiger partial charge is 0.455 e. The van der Waals surface area contributed by atoms with Gasteiger partial charge in [0, 0.05) is 16.3 Å². The Morgan fingerprint density at radius 3 is 2.73 bits per heavy atom. The predicted octanol–water partition coefficient (Wildman–Crippen LogP) is 3.83. The van der Waals surface area contributed by atoms with Crippen molar-refractivity contribution in [2.24, 2.45) is 0 Å². The molecule has 0 aliphatic heterocycles. The number of hydrogen-bond donors (Lipinski definition) is 1. The van der Waals surface area contributed by atoms with Crippen LogP contribution >= 0.6 is 22.7 Å². The Bertz CT molecular complexity index is 860. The van der Waals surface area contributed by atoms with Gasteiger partial charge in [-0.3, -0.25) is 9.59 Å². The molecule has 2 aromatic heterocycles. The van der Waals surface area contributed by atoms with E-state index in [1.807, 2.05) is 59.5 Å². The molecular weight excluding hydrogens is 368 g/mol. The lowest BCUT2D eigenvalue weighted by Crippen LogP contribution is -2.31. The quantitative estimate of drug-likeness (QED) is 0.627. The Morgan fingerprint density at radius 2 is 2.00 bits per heavy atom. The maximum atomic E-state index is 11.9. The van der Waals surface area contributed by atoms with E-state index in [1.54, 1.807) is 11.3 Å². The number of benzene rings is 1. The van der Waals surface area contributed by atoms with Gasteiger partial charge in [0.25, 0.3) is 5.91 Å². The van der Waals surface area contributed by atoms with Gasteiger partial charge in [-0.1, -0.05) is 30.3 Å². The molecule has 0 aliphatic rings. The number of nitrogens with zero attached hydrogens (tertiary/aromatic N) is 1. The molecule has 0 bridgehead atoms. The van der Waals surface area contributed by atoms with E-state index in [-0.39, 0.29) is 25.0 Å². The van der Waals surface area contributed by atoms with Crippen LogP contribution in [0.2, 0.25) is 0 Å². The van der Waals surface area contributed by atoms with E-state index in [0.717, 1.165) is 16.1 Å². The summed E-state index contributed by atoms with van der Waals surface area (Å²) in [7, 11) is 0. The standard InChI is InChI=1S/C19H18N2O3S2/c1-13(14-5-3-2-4-6-14)20-17(22)10-24-18(23)9-16-12-26-19(21-16)15-7-8-25-11-15/h2-8,11-13H,9-10H2,1H3,(H,20,22)/t13-/m0/s1. The van der Waals surface area contributed by atoms with Crippen LogP contribution < -0.4 is 5.32 Å². The summed E-state index contributed by atoms with van der Waals surface area (Å²) in [5.41, 5.74) is 2.70. The number of ether oxygens (including phenoxy) is 1. The van der Waals surface area contributed by atoms with E-state index < -0.39 is 5.97 Å². The topological polar surface area (TPSA) is 68.3 Å². The molecule has 134 valence electrons. The molecule has 1 aromatic carbocycles. The van der Waals surface area contributed by atoms with Crippen molar-refractivity contribution in [3.8, 4) is 10.6 Å². The monoisotopic (exact) mass is 386 g/mol. The van der Waals surface area contributed by atoms with Crippen LogP contribution in [0.25, 0.3) is 10.6 Å². The average molecular weight is 386 g/mol. The normalized spacial score (nSPS) is 11.7. The van der Waals surface area contributed by atoms with Crippen LogP contribution in [-0.4, -0.2) is 23.5 Å². The van der Waals surface area contributed by atoms with Crippen molar-refractivity contribution in [1.29, 1.82) is 0 Å². The number of thiophene rings is 1. The molecule has 0 saturated carbocycles. The van der Waals surface area contributed by atoms with Gasteiger partial charge in [0.05, 0.1) is 18.2 Å². The van der Waals surface area contributed by atoms with Gasteiger partial charge in [0.1, 0.15) is 5.01 Å². The molecule has 0 radical (unpaired) electrons. The van der Waals surface area contributed by atoms with Gasteiger partial charge in [-0.15, -0.1) is 11.3 Å². The van der Waals surface area contributed by atoms with Crippen molar-refractivity contribution in [3.05, 3.63) is 63.8 Å². The van der Waals surface area contributed by atoms with Gasteiger partial charge >= 0.3 is 5.97 Å². The first kappa shape index (κ1) is 18.3. The summed E-state index contributed by atoms with van der Waals surface area (Å²) in [5, 5.41) is 9.53. The van der Waals surface area contributed by atoms with E-state index in [1.165, 1.54) is 11.3 Å². The van der Waals surface area contributed by atoms with Gasteiger partial charge in [-0.05, 0) is 23.9 Å². The SMILES string of the molecule is C[C@H](NC(=O)COC(=O)Cc1csc(-c2ccsc2)n1)c1ccccc1. The molecule has 3 rings (SSSR count). The van der Waals surface area contributed by atoms with Crippen LogP contribution in [0.1, 0.15) is 24.2 Å². The van der Waals surface area contributed by atoms with Crippen molar-refractivity contribution < 1.29 is 14.3 Å². The minimum Gasteiger partial charge on any atom is -0.455 e. The number of amides is 1. The number of carbonyl (C=O) groups excluding carboxylic acids is 2. The Hall–Kier alpha value is -2.51. The zero-order valence-electron chi connectivity index (χ0n) is 14.2. The lowest BCUT2D eigenvalue weighted by atomic mass is 10.1. The first-order valence-corrected chi connectivity index (χ1v) is 9.91. The number of aromatic nitrogens is 1. The summed E-state index contributed by atoms with van der Waals surface area (Å²) in [4.78, 5) is 28.3. The highest BCUT2D eigenvalue weighted by atomic mass is 32.1. The first-order chi connectivity index (χ1) is 12.6. The highest BCUT2D eigenvalue weighted by Crippen LogP contribution is 2.25. The fourth-order valence-corrected chi connectivity index (χ4v) is 3.89. The summed E-state index contributed by atoms with van der Waals surface area (Å²) >= 11 is 3.09. The molecule has 0 unspecified atom stereocenters. The third-order valence-corrected chi connectivity index (χ3v) is 5.31. The van der Waals surface area contributed by atoms with Crippen molar-refractivity contribution in [3.63, 3.8) is 0 Å². The minimum atomic E-state index is -0.463. The summed E-state index contributed by atoms with van der Waals surface area (Å²) in [6.07, 6.45) is 0.0577. The number of rotatable bonds is 7. The molecule has 0 fully saturated rings. The van der Waals surface area contributed by atoms with Crippen LogP contribution in [0.15, 0.2) is 52.5 Å². The van der Waals surface area contributed by atoms with Crippen LogP contribution in [0.3, 0.4) is 0 Å². The highest BCUT2D eigenvalue weighted by molar-refractivity contribution is 7.14. The molecule has 1 amide bonds. The fraction of sp³-hybridized carbons (Fsp3) is 0.211. The van der Waals surface area contributed by atoms with Crippen molar-refractivity contribution in [2.45, 2.75) is 19.4 Å². The zero-order valence-corrected chi connectivity index (χ0v) is 15.8. The number of carbonyl (C=O) groups is 2. The van der Waals surface area contributed by atoms with Crippen molar-refractivity contribution in [2.75, 3.05) is 6.61 Å². The number of esters is 1. The van der Waals surface area contributed by atoms with E-state index in [9.17, 15) is 9.59 Å². The van der Waals surface area contributed by atoms with Crippen LogP contribution in [0.5, 0.6) is 0 Å². The summed E-state index contributed by atoms with van der Waals surface area (Å²) in [6, 6.07) is 11.5. The lowest BCUT2D eigenvalue weighted by Gasteiger charge is -2.14. The second kappa shape index (κ2) is 8.73. The summed E-state index contributed by atoms with van der Waals surface area (Å²) < 4.78 is 5.06. The molecular formula is C19H18N2O3S2. The van der Waals surface area contributed by atoms with Gasteiger partial charge in [-0.25, -0.2) is 4.98 Å². The van der Waals surface area contributed by atoms with E-state index in [2.05, 4.69) is 10.3 Å². The van der Waals surface area contributed by atoms with Crippen LogP contribution in [0, 0.1) is 0 Å². The highest BCUT2D eigenvalue weighted by Gasteiger charge is 2.14. The number of thiazole rings is 1. The van der Waals surface area contributed by atoms with Gasteiger partial charge in [0.2, 0.25) is 0 Å². The molecule has 1 atom stereocenters. The fourth-order valence-electron chi connectivity index (χ4n) is 2.36. The lowest BCUT2D eigenvalue weighted by molar-refractivity contribution is -0.148. The molecule has 2 heterocycles. The minimum absolute atomic E-state index is 0.0577. The number of nitrogens with one attached hydrogen (secondary N) is 1. The summed E-state index contributed by atoms with van der Waals surface area (Å²) in [5.74, 6) is -0.790. The second-order valence-corrected chi connectivity index (χ2v) is 7.33. The summed E-state index contributed by atoms with van der Waals surface area (Å²) in [6.45, 7) is 1.59. The Kier molecular flexibility index (Phi) is 6.14.